The molecular weight excluding hydrogens is 261 g/mol. The third-order valence-corrected chi connectivity index (χ3v) is 2.14. The van der Waals surface area contributed by atoms with Crippen LogP contribution in [0.15, 0.2) is 24.3 Å². The maximum absolute atomic E-state index is 11.9. The van der Waals surface area contributed by atoms with E-state index >= 15 is 0 Å². The van der Waals surface area contributed by atoms with Crippen LogP contribution in [0, 0.1) is 0 Å². The minimum atomic E-state index is -4.36. The second kappa shape index (κ2) is 6.98. The highest BCUT2D eigenvalue weighted by Crippen LogP contribution is 2.20. The lowest BCUT2D eigenvalue weighted by atomic mass is 10.3. The van der Waals surface area contributed by atoms with E-state index in [1.165, 1.54) is 24.3 Å². The SMILES string of the molecule is CNCCC(=O)Nc1ccc(OCC(F)(F)F)cc1. The molecule has 0 saturated heterocycles. The molecular formula is C12H15F3N2O2. The van der Waals surface area contributed by atoms with Crippen molar-refractivity contribution in [2.75, 3.05) is 25.5 Å². The van der Waals surface area contributed by atoms with Gasteiger partial charge in [-0.05, 0) is 31.3 Å². The van der Waals surface area contributed by atoms with Crippen LogP contribution in [-0.2, 0) is 4.79 Å². The predicted octanol–water partition coefficient (Wildman–Crippen LogP) is 2.18. The highest BCUT2D eigenvalue weighted by Gasteiger charge is 2.28. The van der Waals surface area contributed by atoms with Crippen LogP contribution in [0.1, 0.15) is 6.42 Å². The summed E-state index contributed by atoms with van der Waals surface area (Å²) in [6.45, 7) is -0.778. The summed E-state index contributed by atoms with van der Waals surface area (Å²) in [6, 6.07) is 5.73. The van der Waals surface area contributed by atoms with Gasteiger partial charge >= 0.3 is 6.18 Å². The maximum Gasteiger partial charge on any atom is 0.422 e. The summed E-state index contributed by atoms with van der Waals surface area (Å²) >= 11 is 0. The van der Waals surface area contributed by atoms with Crippen LogP contribution < -0.4 is 15.4 Å². The Hall–Kier alpha value is -1.76. The first kappa shape index (κ1) is 15.3. The van der Waals surface area contributed by atoms with Gasteiger partial charge in [-0.2, -0.15) is 13.2 Å². The molecule has 0 bridgehead atoms. The molecule has 0 aliphatic rings. The van der Waals surface area contributed by atoms with Crippen LogP contribution in [0.4, 0.5) is 18.9 Å². The van der Waals surface area contributed by atoms with Gasteiger partial charge in [0.25, 0.3) is 0 Å². The number of halogens is 3. The Labute approximate surface area is 108 Å². The lowest BCUT2D eigenvalue weighted by molar-refractivity contribution is -0.153. The Morgan fingerprint density at radius 1 is 1.26 bits per heavy atom. The number of nitrogens with one attached hydrogen (secondary N) is 2. The second-order valence-electron chi connectivity index (χ2n) is 3.83. The fraction of sp³-hybridized carbons (Fsp3) is 0.417. The average Bonchev–Trinajstić information content (AvgIpc) is 2.34. The highest BCUT2D eigenvalue weighted by atomic mass is 19.4. The predicted molar refractivity (Wildman–Crippen MR) is 65.2 cm³/mol. The molecule has 4 nitrogen and oxygen atoms in total. The number of hydrogen-bond donors (Lipinski definition) is 2. The molecule has 0 aliphatic heterocycles. The summed E-state index contributed by atoms with van der Waals surface area (Å²) in [7, 11) is 1.74. The molecule has 0 unspecified atom stereocenters. The molecule has 0 spiro atoms. The van der Waals surface area contributed by atoms with Crippen molar-refractivity contribution in [3.8, 4) is 5.75 Å². The summed E-state index contributed by atoms with van der Waals surface area (Å²) in [5.74, 6) is -0.0659. The van der Waals surface area contributed by atoms with E-state index in [0.29, 0.717) is 18.7 Å². The van der Waals surface area contributed by atoms with Gasteiger partial charge < -0.3 is 15.4 Å². The Balaban J connectivity index is 2.45. The smallest absolute Gasteiger partial charge is 0.422 e. The number of ether oxygens (including phenoxy) is 1. The molecule has 0 aromatic heterocycles. The van der Waals surface area contributed by atoms with Crippen LogP contribution in [0.2, 0.25) is 0 Å². The fourth-order valence-corrected chi connectivity index (χ4v) is 1.26. The van der Waals surface area contributed by atoms with Crippen LogP contribution in [0.5, 0.6) is 5.75 Å². The molecule has 0 saturated carbocycles. The van der Waals surface area contributed by atoms with E-state index in [4.69, 9.17) is 0 Å². The van der Waals surface area contributed by atoms with E-state index in [0.717, 1.165) is 0 Å². The van der Waals surface area contributed by atoms with Crippen molar-refractivity contribution >= 4 is 11.6 Å². The van der Waals surface area contributed by atoms with E-state index in [-0.39, 0.29) is 11.7 Å². The number of alkyl halides is 3. The van der Waals surface area contributed by atoms with E-state index in [9.17, 15) is 18.0 Å². The van der Waals surface area contributed by atoms with E-state index in [2.05, 4.69) is 15.4 Å². The molecule has 0 heterocycles. The number of rotatable bonds is 6. The zero-order chi connectivity index (χ0) is 14.3. The number of anilines is 1. The van der Waals surface area contributed by atoms with Crippen LogP contribution in [-0.4, -0.2) is 32.3 Å². The first-order chi connectivity index (χ1) is 8.90. The topological polar surface area (TPSA) is 50.4 Å². The standard InChI is InChI=1S/C12H15F3N2O2/c1-16-7-6-11(18)17-9-2-4-10(5-3-9)19-8-12(13,14)15/h2-5,16H,6-8H2,1H3,(H,17,18). The third-order valence-electron chi connectivity index (χ3n) is 2.14. The molecule has 0 fully saturated rings. The van der Waals surface area contributed by atoms with Crippen LogP contribution in [0.25, 0.3) is 0 Å². The first-order valence-electron chi connectivity index (χ1n) is 5.65. The largest absolute Gasteiger partial charge is 0.484 e. The van der Waals surface area contributed by atoms with Gasteiger partial charge in [-0.3, -0.25) is 4.79 Å². The minimum Gasteiger partial charge on any atom is -0.484 e. The monoisotopic (exact) mass is 276 g/mol. The van der Waals surface area contributed by atoms with Crippen LogP contribution >= 0.6 is 0 Å². The third kappa shape index (κ3) is 6.66. The Bertz CT molecular complexity index is 404. The molecule has 7 heteroatoms. The number of carbonyl (C=O) groups is 1. The summed E-state index contributed by atoms with van der Waals surface area (Å²) in [5, 5.41) is 5.46. The Morgan fingerprint density at radius 2 is 1.89 bits per heavy atom. The minimum absolute atomic E-state index is 0.102. The van der Waals surface area contributed by atoms with Gasteiger partial charge in [0.1, 0.15) is 5.75 Å². The average molecular weight is 276 g/mol. The maximum atomic E-state index is 11.9. The van der Waals surface area contributed by atoms with Gasteiger partial charge in [0.05, 0.1) is 0 Å². The van der Waals surface area contributed by atoms with E-state index < -0.39 is 12.8 Å². The first-order valence-corrected chi connectivity index (χ1v) is 5.65. The van der Waals surface area contributed by atoms with Gasteiger partial charge in [-0.15, -0.1) is 0 Å². The summed E-state index contributed by atoms with van der Waals surface area (Å²) in [6.07, 6.45) is -4.04. The van der Waals surface area contributed by atoms with Gasteiger partial charge in [-0.25, -0.2) is 0 Å². The van der Waals surface area contributed by atoms with Crippen molar-refractivity contribution in [3.63, 3.8) is 0 Å². The molecule has 1 rings (SSSR count). The number of hydrogen-bond acceptors (Lipinski definition) is 3. The molecule has 1 amide bonds. The lowest BCUT2D eigenvalue weighted by Gasteiger charge is -2.10. The normalized spacial score (nSPS) is 11.2. The van der Waals surface area contributed by atoms with Crippen molar-refractivity contribution in [3.05, 3.63) is 24.3 Å². The summed E-state index contributed by atoms with van der Waals surface area (Å²) in [5.41, 5.74) is 0.514. The van der Waals surface area contributed by atoms with Crippen molar-refractivity contribution in [2.24, 2.45) is 0 Å². The van der Waals surface area contributed by atoms with Crippen molar-refractivity contribution in [1.29, 1.82) is 0 Å². The zero-order valence-electron chi connectivity index (χ0n) is 10.4. The molecule has 2 N–H and O–H groups in total. The number of amides is 1. The van der Waals surface area contributed by atoms with E-state index in [1.807, 2.05) is 0 Å². The van der Waals surface area contributed by atoms with Crippen molar-refractivity contribution < 1.29 is 22.7 Å². The molecule has 19 heavy (non-hydrogen) atoms. The van der Waals surface area contributed by atoms with Gasteiger partial charge in [0, 0.05) is 18.7 Å². The second-order valence-corrected chi connectivity index (χ2v) is 3.83. The van der Waals surface area contributed by atoms with Gasteiger partial charge in [-0.1, -0.05) is 0 Å². The lowest BCUT2D eigenvalue weighted by Crippen LogP contribution is -2.19. The molecule has 0 aliphatic carbocycles. The summed E-state index contributed by atoms with van der Waals surface area (Å²) in [4.78, 5) is 11.4. The molecule has 1 aromatic carbocycles. The van der Waals surface area contributed by atoms with Crippen LogP contribution in [0.3, 0.4) is 0 Å². The zero-order valence-corrected chi connectivity index (χ0v) is 10.4. The Morgan fingerprint density at radius 3 is 2.42 bits per heavy atom. The molecule has 0 radical (unpaired) electrons. The fourth-order valence-electron chi connectivity index (χ4n) is 1.26. The number of benzene rings is 1. The quantitative estimate of drug-likeness (QED) is 0.837. The highest BCUT2D eigenvalue weighted by molar-refractivity contribution is 5.90. The van der Waals surface area contributed by atoms with Gasteiger partial charge in [0.2, 0.25) is 5.91 Å². The molecule has 106 valence electrons. The summed E-state index contributed by atoms with van der Waals surface area (Å²) < 4.78 is 40.3. The Kier molecular flexibility index (Phi) is 5.62. The number of carbonyl (C=O) groups excluding carboxylic acids is 1. The van der Waals surface area contributed by atoms with E-state index in [1.54, 1.807) is 7.05 Å². The molecule has 0 atom stereocenters. The van der Waals surface area contributed by atoms with Gasteiger partial charge in [0.15, 0.2) is 6.61 Å². The van der Waals surface area contributed by atoms with Crippen molar-refractivity contribution in [1.82, 2.24) is 5.32 Å². The molecule has 1 aromatic rings. The van der Waals surface area contributed by atoms with Crippen molar-refractivity contribution in [2.45, 2.75) is 12.6 Å².